The molecular formula is C5H11NO4S. The molecule has 0 bridgehead atoms. The Morgan fingerprint density at radius 2 is 2.36 bits per heavy atom. The van der Waals surface area contributed by atoms with Crippen molar-refractivity contribution < 1.29 is 17.7 Å². The first-order valence-electron chi connectivity index (χ1n) is 3.16. The Bertz CT molecular complexity index is 161. The fraction of sp³-hybridized carbons (Fsp3) is 0.800. The third kappa shape index (κ3) is 4.88. The Balaban J connectivity index is 3.73. The highest BCUT2D eigenvalue weighted by molar-refractivity contribution is 7.74. The molecule has 0 aromatic carbocycles. The van der Waals surface area contributed by atoms with Crippen molar-refractivity contribution >= 4 is 17.3 Å². The molecule has 0 aliphatic rings. The van der Waals surface area contributed by atoms with E-state index in [1.165, 1.54) is 0 Å². The van der Waals surface area contributed by atoms with Gasteiger partial charge in [-0.05, 0) is 6.42 Å². The number of carbonyl (C=O) groups is 1. The highest BCUT2D eigenvalue weighted by Crippen LogP contribution is 1.96. The van der Waals surface area contributed by atoms with E-state index in [4.69, 9.17) is 10.3 Å². The van der Waals surface area contributed by atoms with Crippen LogP contribution in [-0.4, -0.2) is 20.8 Å². The van der Waals surface area contributed by atoms with Gasteiger partial charge in [-0.15, -0.1) is 0 Å². The van der Waals surface area contributed by atoms with Gasteiger partial charge < -0.3 is 9.92 Å². The van der Waals surface area contributed by atoms with E-state index in [9.17, 15) is 9.00 Å². The van der Waals surface area contributed by atoms with Crippen LogP contribution in [-0.2, 0) is 20.3 Å². The van der Waals surface area contributed by atoms with Gasteiger partial charge in [-0.2, -0.15) is 4.21 Å². The molecule has 1 unspecified atom stereocenters. The Morgan fingerprint density at radius 3 is 2.73 bits per heavy atom. The van der Waals surface area contributed by atoms with E-state index in [2.05, 4.69) is 4.18 Å². The van der Waals surface area contributed by atoms with Crippen LogP contribution in [0.15, 0.2) is 0 Å². The minimum absolute atomic E-state index is 0.454. The van der Waals surface area contributed by atoms with Gasteiger partial charge in [-0.3, -0.25) is 4.55 Å². The monoisotopic (exact) mass is 181 g/mol. The topological polar surface area (TPSA) is 89.6 Å². The lowest BCUT2D eigenvalue weighted by Crippen LogP contribution is -2.32. The maximum atomic E-state index is 10.6. The van der Waals surface area contributed by atoms with Crippen LogP contribution in [0, 0.1) is 0 Å². The van der Waals surface area contributed by atoms with Gasteiger partial charge in [0.05, 0.1) is 0 Å². The molecule has 2 atom stereocenters. The minimum atomic E-state index is -2.55. The lowest BCUT2D eigenvalue weighted by Gasteiger charge is -2.05. The van der Waals surface area contributed by atoms with Gasteiger partial charge in [0.15, 0.2) is 0 Å². The van der Waals surface area contributed by atoms with E-state index < -0.39 is 23.4 Å². The molecule has 0 aromatic heterocycles. The summed E-state index contributed by atoms with van der Waals surface area (Å²) < 4.78 is 22.0. The van der Waals surface area contributed by atoms with Gasteiger partial charge in [0.25, 0.3) is 0 Å². The van der Waals surface area contributed by atoms with Crippen molar-refractivity contribution in [2.75, 3.05) is 0 Å². The third-order valence-electron chi connectivity index (χ3n) is 1.06. The second-order valence-corrected chi connectivity index (χ2v) is 2.62. The molecule has 0 amide bonds. The van der Waals surface area contributed by atoms with Crippen LogP contribution in [0.4, 0.5) is 0 Å². The van der Waals surface area contributed by atoms with Gasteiger partial charge in [0.1, 0.15) is 6.04 Å². The predicted molar refractivity (Wildman–Crippen MR) is 39.7 cm³/mol. The predicted octanol–water partition coefficient (Wildman–Crippen LogP) is -0.206. The Morgan fingerprint density at radius 1 is 1.82 bits per heavy atom. The molecular weight excluding hydrogens is 170 g/mol. The summed E-state index contributed by atoms with van der Waals surface area (Å²) in [5.41, 5.74) is 5.26. The van der Waals surface area contributed by atoms with Crippen LogP contribution in [0.3, 0.4) is 0 Å². The molecule has 5 nitrogen and oxygen atoms in total. The van der Waals surface area contributed by atoms with Crippen LogP contribution in [0.25, 0.3) is 0 Å². The summed E-state index contributed by atoms with van der Waals surface area (Å²) in [6.07, 6.45) is 1.18. The van der Waals surface area contributed by atoms with Crippen LogP contribution < -0.4 is 5.73 Å². The number of rotatable bonds is 4. The molecule has 66 valence electrons. The smallest absolute Gasteiger partial charge is 0.342 e. The van der Waals surface area contributed by atoms with Crippen molar-refractivity contribution in [1.82, 2.24) is 0 Å². The number of hydrogen-bond donors (Lipinski definition) is 2. The van der Waals surface area contributed by atoms with Crippen LogP contribution in [0.5, 0.6) is 0 Å². The fourth-order valence-electron chi connectivity index (χ4n) is 0.561. The van der Waals surface area contributed by atoms with Gasteiger partial charge in [0.2, 0.25) is 0 Å². The van der Waals surface area contributed by atoms with E-state index in [-0.39, 0.29) is 0 Å². The Kier molecular flexibility index (Phi) is 5.01. The lowest BCUT2D eigenvalue weighted by molar-refractivity contribution is -0.135. The summed E-state index contributed by atoms with van der Waals surface area (Å²) in [5, 5.41) is 0. The first-order valence-corrected chi connectivity index (χ1v) is 4.19. The third-order valence-corrected chi connectivity index (χ3v) is 1.36. The molecule has 0 saturated carbocycles. The highest BCUT2D eigenvalue weighted by Gasteiger charge is 2.15. The summed E-state index contributed by atoms with van der Waals surface area (Å²) >= 11 is -2.55. The van der Waals surface area contributed by atoms with Crippen molar-refractivity contribution in [2.45, 2.75) is 25.8 Å². The van der Waals surface area contributed by atoms with Crippen molar-refractivity contribution in [3.63, 3.8) is 0 Å². The summed E-state index contributed by atoms with van der Waals surface area (Å²) in [6.45, 7) is 1.85. The van der Waals surface area contributed by atoms with Gasteiger partial charge in [0, 0.05) is 0 Å². The molecule has 0 fully saturated rings. The molecule has 0 heterocycles. The van der Waals surface area contributed by atoms with Crippen LogP contribution >= 0.6 is 0 Å². The van der Waals surface area contributed by atoms with E-state index in [0.29, 0.717) is 6.42 Å². The van der Waals surface area contributed by atoms with E-state index >= 15 is 0 Å². The summed E-state index contributed by atoms with van der Waals surface area (Å²) in [7, 11) is 0. The molecule has 0 aliphatic heterocycles. The summed E-state index contributed by atoms with van der Waals surface area (Å²) in [5.74, 6) is -0.840. The summed E-state index contributed by atoms with van der Waals surface area (Å²) in [4.78, 5) is 10.6. The molecule has 0 spiro atoms. The zero-order chi connectivity index (χ0) is 8.85. The quantitative estimate of drug-likeness (QED) is 0.586. The highest BCUT2D eigenvalue weighted by atomic mass is 32.2. The van der Waals surface area contributed by atoms with Crippen molar-refractivity contribution in [1.29, 1.82) is 0 Å². The second kappa shape index (κ2) is 5.22. The molecule has 0 aliphatic carbocycles. The lowest BCUT2D eigenvalue weighted by atomic mass is 10.2. The summed E-state index contributed by atoms with van der Waals surface area (Å²) in [6, 6.07) is -0.795. The first-order chi connectivity index (χ1) is 5.07. The van der Waals surface area contributed by atoms with Crippen LogP contribution in [0.2, 0.25) is 0 Å². The fourth-order valence-corrected chi connectivity index (χ4v) is 0.825. The molecule has 0 aromatic rings. The number of nitrogens with two attached hydrogens (primary N) is 1. The maximum absolute atomic E-state index is 10.6. The van der Waals surface area contributed by atoms with Crippen molar-refractivity contribution in [3.05, 3.63) is 0 Å². The Labute approximate surface area is 67.4 Å². The average molecular weight is 181 g/mol. The van der Waals surface area contributed by atoms with Gasteiger partial charge in [-0.25, -0.2) is 4.79 Å². The number of hydrogen-bond acceptors (Lipinski definition) is 4. The molecule has 6 heteroatoms. The zero-order valence-electron chi connectivity index (χ0n) is 6.15. The van der Waals surface area contributed by atoms with Crippen molar-refractivity contribution in [2.24, 2.45) is 5.73 Å². The zero-order valence-corrected chi connectivity index (χ0v) is 6.97. The SMILES string of the molecule is CCC[C@H](N)C(=O)OS(=O)O. The van der Waals surface area contributed by atoms with Gasteiger partial charge >= 0.3 is 17.3 Å². The van der Waals surface area contributed by atoms with Crippen molar-refractivity contribution in [3.8, 4) is 0 Å². The van der Waals surface area contributed by atoms with Crippen LogP contribution in [0.1, 0.15) is 19.8 Å². The molecule has 0 saturated heterocycles. The molecule has 0 radical (unpaired) electrons. The maximum Gasteiger partial charge on any atom is 0.360 e. The molecule has 3 N–H and O–H groups in total. The van der Waals surface area contributed by atoms with E-state index in [1.54, 1.807) is 0 Å². The first kappa shape index (κ1) is 10.5. The largest absolute Gasteiger partial charge is 0.360 e. The second-order valence-electron chi connectivity index (χ2n) is 2.01. The molecule has 0 rings (SSSR count). The average Bonchev–Trinajstić information content (AvgIpc) is 1.86. The minimum Gasteiger partial charge on any atom is -0.342 e. The Hall–Kier alpha value is -0.460. The number of carbonyl (C=O) groups excluding carboxylic acids is 1. The normalized spacial score (nSPS) is 15.5. The van der Waals surface area contributed by atoms with Gasteiger partial charge in [-0.1, -0.05) is 13.3 Å². The van der Waals surface area contributed by atoms with E-state index in [1.807, 2.05) is 6.92 Å². The molecule has 11 heavy (non-hydrogen) atoms. The standard InChI is InChI=1S/C5H11NO4S/c1-2-3-4(6)5(7)10-11(8)9/h4H,2-3,6H2,1H3,(H,8,9)/t4-/m0/s1. The van der Waals surface area contributed by atoms with E-state index in [0.717, 1.165) is 6.42 Å².